The Morgan fingerprint density at radius 2 is 2.00 bits per heavy atom. The minimum atomic E-state index is 0.104. The highest BCUT2D eigenvalue weighted by Crippen LogP contribution is 2.33. The van der Waals surface area contributed by atoms with Crippen LogP contribution < -0.4 is 5.32 Å². The molecule has 1 unspecified atom stereocenters. The van der Waals surface area contributed by atoms with E-state index in [0.717, 1.165) is 17.1 Å². The number of aryl methyl sites for hydroxylation is 1. The second-order valence-electron chi connectivity index (χ2n) is 4.17. The first-order chi connectivity index (χ1) is 8.63. The van der Waals surface area contributed by atoms with Crippen molar-refractivity contribution in [3.63, 3.8) is 0 Å². The van der Waals surface area contributed by atoms with Crippen LogP contribution in [-0.4, -0.2) is 6.54 Å². The number of benzene rings is 1. The van der Waals surface area contributed by atoms with Gasteiger partial charge in [0.05, 0.1) is 6.04 Å². The molecule has 0 aliphatic rings. The normalized spacial score (nSPS) is 12.7. The molecule has 0 fully saturated rings. The standard InChI is InChI=1S/C14H15Cl2NS/c1-3-17-14(12-8-18-7-9(12)2)11-6-10(15)4-5-13(11)16/h4-8,14,17H,3H2,1-2H3. The fourth-order valence-electron chi connectivity index (χ4n) is 1.99. The van der Waals surface area contributed by atoms with Crippen LogP contribution in [-0.2, 0) is 0 Å². The molecule has 0 aliphatic heterocycles. The van der Waals surface area contributed by atoms with Gasteiger partial charge in [-0.1, -0.05) is 30.1 Å². The van der Waals surface area contributed by atoms with Crippen LogP contribution in [0.25, 0.3) is 0 Å². The SMILES string of the molecule is CCNC(c1cscc1C)c1cc(Cl)ccc1Cl. The summed E-state index contributed by atoms with van der Waals surface area (Å²) in [5.74, 6) is 0. The zero-order valence-corrected chi connectivity index (χ0v) is 12.7. The van der Waals surface area contributed by atoms with Gasteiger partial charge in [-0.2, -0.15) is 11.3 Å². The predicted molar refractivity (Wildman–Crippen MR) is 81.0 cm³/mol. The molecule has 96 valence electrons. The number of halogens is 2. The van der Waals surface area contributed by atoms with Crippen molar-refractivity contribution in [1.82, 2.24) is 5.32 Å². The summed E-state index contributed by atoms with van der Waals surface area (Å²) in [6.07, 6.45) is 0. The lowest BCUT2D eigenvalue weighted by molar-refractivity contribution is 0.630. The average Bonchev–Trinajstić information content (AvgIpc) is 2.76. The lowest BCUT2D eigenvalue weighted by Gasteiger charge is -2.20. The Morgan fingerprint density at radius 1 is 1.22 bits per heavy atom. The zero-order valence-electron chi connectivity index (χ0n) is 10.3. The highest BCUT2D eigenvalue weighted by atomic mass is 35.5. The number of hydrogen-bond acceptors (Lipinski definition) is 2. The van der Waals surface area contributed by atoms with Crippen molar-refractivity contribution in [1.29, 1.82) is 0 Å². The molecule has 1 atom stereocenters. The first kappa shape index (κ1) is 13.9. The lowest BCUT2D eigenvalue weighted by Crippen LogP contribution is -2.22. The van der Waals surface area contributed by atoms with Gasteiger partial charge < -0.3 is 5.32 Å². The van der Waals surface area contributed by atoms with E-state index in [1.807, 2.05) is 18.2 Å². The van der Waals surface area contributed by atoms with Crippen LogP contribution in [0.2, 0.25) is 10.0 Å². The average molecular weight is 300 g/mol. The molecule has 1 heterocycles. The number of nitrogens with one attached hydrogen (secondary N) is 1. The molecule has 0 radical (unpaired) electrons. The van der Waals surface area contributed by atoms with Crippen LogP contribution in [0.5, 0.6) is 0 Å². The minimum Gasteiger partial charge on any atom is -0.306 e. The van der Waals surface area contributed by atoms with Crippen LogP contribution in [0.15, 0.2) is 29.0 Å². The summed E-state index contributed by atoms with van der Waals surface area (Å²) in [5, 5.41) is 9.25. The van der Waals surface area contributed by atoms with Gasteiger partial charge in [0.2, 0.25) is 0 Å². The van der Waals surface area contributed by atoms with Gasteiger partial charge >= 0.3 is 0 Å². The van der Waals surface area contributed by atoms with Crippen LogP contribution in [0, 0.1) is 6.92 Å². The van der Waals surface area contributed by atoms with Gasteiger partial charge in [0.1, 0.15) is 0 Å². The van der Waals surface area contributed by atoms with E-state index in [2.05, 4.69) is 29.9 Å². The topological polar surface area (TPSA) is 12.0 Å². The third-order valence-corrected chi connectivity index (χ3v) is 4.34. The third kappa shape index (κ3) is 2.89. The molecule has 0 spiro atoms. The Labute approximate surface area is 122 Å². The Balaban J connectivity index is 2.48. The molecule has 4 heteroatoms. The van der Waals surface area contributed by atoms with Gasteiger partial charge in [0.25, 0.3) is 0 Å². The molecular formula is C14H15Cl2NS. The van der Waals surface area contributed by atoms with E-state index in [4.69, 9.17) is 23.2 Å². The van der Waals surface area contributed by atoms with Gasteiger partial charge in [0, 0.05) is 10.0 Å². The van der Waals surface area contributed by atoms with Crippen molar-refractivity contribution in [3.8, 4) is 0 Å². The minimum absolute atomic E-state index is 0.104. The van der Waals surface area contributed by atoms with Crippen LogP contribution in [0.3, 0.4) is 0 Å². The van der Waals surface area contributed by atoms with Crippen LogP contribution in [0.4, 0.5) is 0 Å². The maximum absolute atomic E-state index is 6.30. The van der Waals surface area contributed by atoms with E-state index in [9.17, 15) is 0 Å². The number of hydrogen-bond donors (Lipinski definition) is 1. The molecular weight excluding hydrogens is 285 g/mol. The van der Waals surface area contributed by atoms with Gasteiger partial charge in [-0.15, -0.1) is 0 Å². The molecule has 0 aliphatic carbocycles. The monoisotopic (exact) mass is 299 g/mol. The van der Waals surface area contributed by atoms with E-state index in [1.54, 1.807) is 11.3 Å². The Bertz CT molecular complexity index is 536. The molecule has 0 bridgehead atoms. The Morgan fingerprint density at radius 3 is 2.61 bits per heavy atom. The zero-order chi connectivity index (χ0) is 13.1. The molecule has 1 nitrogen and oxygen atoms in total. The van der Waals surface area contributed by atoms with Gasteiger partial charge in [-0.3, -0.25) is 0 Å². The number of rotatable bonds is 4. The summed E-state index contributed by atoms with van der Waals surface area (Å²) in [6.45, 7) is 5.09. The maximum Gasteiger partial charge on any atom is 0.0602 e. The van der Waals surface area contributed by atoms with E-state index >= 15 is 0 Å². The first-order valence-electron chi connectivity index (χ1n) is 5.84. The molecule has 1 N–H and O–H groups in total. The van der Waals surface area contributed by atoms with Gasteiger partial charge in [-0.05, 0) is 59.1 Å². The molecule has 0 saturated heterocycles. The third-order valence-electron chi connectivity index (χ3n) is 2.88. The summed E-state index contributed by atoms with van der Waals surface area (Å²) in [6, 6.07) is 5.71. The van der Waals surface area contributed by atoms with E-state index in [-0.39, 0.29) is 6.04 Å². The van der Waals surface area contributed by atoms with Gasteiger partial charge in [0.15, 0.2) is 0 Å². The van der Waals surface area contributed by atoms with Crippen molar-refractivity contribution in [2.75, 3.05) is 6.54 Å². The second-order valence-corrected chi connectivity index (χ2v) is 5.75. The van der Waals surface area contributed by atoms with E-state index in [1.165, 1.54) is 11.1 Å². The molecule has 0 amide bonds. The highest BCUT2D eigenvalue weighted by molar-refractivity contribution is 7.08. The highest BCUT2D eigenvalue weighted by Gasteiger charge is 2.18. The predicted octanol–water partition coefficient (Wildman–Crippen LogP) is 5.06. The molecule has 2 rings (SSSR count). The van der Waals surface area contributed by atoms with Crippen molar-refractivity contribution >= 4 is 34.5 Å². The van der Waals surface area contributed by atoms with Gasteiger partial charge in [-0.25, -0.2) is 0 Å². The van der Waals surface area contributed by atoms with E-state index in [0.29, 0.717) is 5.02 Å². The van der Waals surface area contributed by atoms with Crippen molar-refractivity contribution in [2.45, 2.75) is 19.9 Å². The quantitative estimate of drug-likeness (QED) is 0.832. The molecule has 18 heavy (non-hydrogen) atoms. The maximum atomic E-state index is 6.30. The molecule has 1 aromatic heterocycles. The summed E-state index contributed by atoms with van der Waals surface area (Å²) in [4.78, 5) is 0. The molecule has 1 aromatic carbocycles. The summed E-state index contributed by atoms with van der Waals surface area (Å²) < 4.78 is 0. The summed E-state index contributed by atoms with van der Waals surface area (Å²) >= 11 is 14.1. The van der Waals surface area contributed by atoms with Crippen LogP contribution in [0.1, 0.15) is 29.7 Å². The summed E-state index contributed by atoms with van der Waals surface area (Å²) in [7, 11) is 0. The molecule has 2 aromatic rings. The van der Waals surface area contributed by atoms with Crippen LogP contribution >= 0.6 is 34.5 Å². The second kappa shape index (κ2) is 6.07. The first-order valence-corrected chi connectivity index (χ1v) is 7.54. The Hall–Kier alpha value is -0.540. The van der Waals surface area contributed by atoms with Crippen molar-refractivity contribution in [3.05, 3.63) is 55.7 Å². The molecule has 0 saturated carbocycles. The van der Waals surface area contributed by atoms with Crippen molar-refractivity contribution < 1.29 is 0 Å². The largest absolute Gasteiger partial charge is 0.306 e. The lowest BCUT2D eigenvalue weighted by atomic mass is 9.98. The Kier molecular flexibility index (Phi) is 4.68. The van der Waals surface area contributed by atoms with E-state index < -0.39 is 0 Å². The fraction of sp³-hybridized carbons (Fsp3) is 0.286. The van der Waals surface area contributed by atoms with Crippen molar-refractivity contribution in [2.24, 2.45) is 0 Å². The number of thiophene rings is 1. The smallest absolute Gasteiger partial charge is 0.0602 e. The summed E-state index contributed by atoms with van der Waals surface area (Å²) in [5.41, 5.74) is 3.58. The fourth-order valence-corrected chi connectivity index (χ4v) is 3.28.